The van der Waals surface area contributed by atoms with Crippen molar-refractivity contribution < 1.29 is 19.4 Å². The summed E-state index contributed by atoms with van der Waals surface area (Å²) >= 11 is 0. The predicted octanol–water partition coefficient (Wildman–Crippen LogP) is 1.55. The van der Waals surface area contributed by atoms with Gasteiger partial charge < -0.3 is 15.2 Å². The lowest BCUT2D eigenvalue weighted by Gasteiger charge is -2.37. The number of aliphatic carboxylic acids is 1. The van der Waals surface area contributed by atoms with Crippen molar-refractivity contribution in [3.05, 3.63) is 32.6 Å². The first kappa shape index (κ1) is 20.7. The molecule has 1 heterocycles. The molecule has 1 fully saturated rings. The Morgan fingerprint density at radius 2 is 2.00 bits per heavy atom. The van der Waals surface area contributed by atoms with Crippen LogP contribution in [0.2, 0.25) is 0 Å². The summed E-state index contributed by atoms with van der Waals surface area (Å²) in [5.74, 6) is -1.01. The molecule has 1 aromatic rings. The van der Waals surface area contributed by atoms with Crippen molar-refractivity contribution in [2.75, 3.05) is 0 Å². The minimum Gasteiger partial charge on any atom is -0.481 e. The highest BCUT2D eigenvalue weighted by Gasteiger charge is 2.35. The maximum Gasteiger partial charge on any atom is 0.407 e. The normalized spacial score (nSPS) is 22.9. The molecule has 0 spiro atoms. The molecule has 150 valence electrons. The summed E-state index contributed by atoms with van der Waals surface area (Å²) in [5.41, 5.74) is -1.30. The van der Waals surface area contributed by atoms with Gasteiger partial charge in [-0.3, -0.25) is 19.1 Å². The van der Waals surface area contributed by atoms with Crippen LogP contribution in [0.1, 0.15) is 58.1 Å². The van der Waals surface area contributed by atoms with Crippen LogP contribution in [0.5, 0.6) is 0 Å². The Bertz CT molecular complexity index is 820. The smallest absolute Gasteiger partial charge is 0.407 e. The third kappa shape index (κ3) is 5.70. The third-order valence-electron chi connectivity index (χ3n) is 4.59. The van der Waals surface area contributed by atoms with Crippen LogP contribution in [-0.4, -0.2) is 38.4 Å². The van der Waals surface area contributed by atoms with Gasteiger partial charge in [0.15, 0.2) is 0 Å². The summed E-state index contributed by atoms with van der Waals surface area (Å²) in [6.07, 6.45) is 2.37. The minimum atomic E-state index is -0.897. The van der Waals surface area contributed by atoms with E-state index in [-0.39, 0.29) is 12.3 Å². The Kier molecular flexibility index (Phi) is 6.12. The van der Waals surface area contributed by atoms with Gasteiger partial charge in [0.05, 0.1) is 12.1 Å². The van der Waals surface area contributed by atoms with Gasteiger partial charge >= 0.3 is 17.8 Å². The Morgan fingerprint density at radius 1 is 1.33 bits per heavy atom. The molecule has 1 aliphatic rings. The summed E-state index contributed by atoms with van der Waals surface area (Å²) in [4.78, 5) is 49.5. The van der Waals surface area contributed by atoms with Gasteiger partial charge in [-0.05, 0) is 52.9 Å². The predicted molar refractivity (Wildman–Crippen MR) is 97.8 cm³/mol. The van der Waals surface area contributed by atoms with Crippen LogP contribution in [-0.2, 0) is 9.53 Å². The van der Waals surface area contributed by atoms with Gasteiger partial charge in [0.25, 0.3) is 5.56 Å². The van der Waals surface area contributed by atoms with E-state index in [4.69, 9.17) is 9.84 Å². The molecule has 0 saturated heterocycles. The molecule has 9 heteroatoms. The van der Waals surface area contributed by atoms with E-state index >= 15 is 0 Å². The highest BCUT2D eigenvalue weighted by molar-refractivity contribution is 5.68. The Balaban J connectivity index is 2.29. The Labute approximate surface area is 156 Å². The second kappa shape index (κ2) is 7.98. The molecule has 27 heavy (non-hydrogen) atoms. The maximum atomic E-state index is 12.3. The molecule has 0 radical (unpaired) electrons. The molecule has 3 N–H and O–H groups in total. The summed E-state index contributed by atoms with van der Waals surface area (Å²) in [5, 5.41) is 11.9. The fourth-order valence-corrected chi connectivity index (χ4v) is 3.45. The highest BCUT2D eigenvalue weighted by atomic mass is 16.6. The number of nitrogens with one attached hydrogen (secondary N) is 2. The number of H-pyrrole nitrogens is 1. The number of nitrogens with zero attached hydrogens (tertiary/aromatic N) is 1. The molecular formula is C18H27N3O6. The van der Waals surface area contributed by atoms with Crippen LogP contribution in [0.25, 0.3) is 0 Å². The van der Waals surface area contributed by atoms with Crippen molar-refractivity contribution in [1.82, 2.24) is 14.9 Å². The number of carbonyl (C=O) groups excluding carboxylic acids is 1. The number of ether oxygens (including phenoxy) is 1. The molecule has 9 nitrogen and oxygen atoms in total. The van der Waals surface area contributed by atoms with Gasteiger partial charge in [-0.1, -0.05) is 0 Å². The molecule has 1 saturated carbocycles. The fourth-order valence-electron chi connectivity index (χ4n) is 3.45. The number of hydrogen-bond acceptors (Lipinski definition) is 5. The summed E-state index contributed by atoms with van der Waals surface area (Å²) < 4.78 is 6.71. The number of aromatic amines is 1. The van der Waals surface area contributed by atoms with E-state index in [0.717, 1.165) is 0 Å². The quantitative estimate of drug-likeness (QED) is 0.725. The second-order valence-electron chi connectivity index (χ2n) is 8.08. The van der Waals surface area contributed by atoms with Gasteiger partial charge in [0, 0.05) is 18.2 Å². The largest absolute Gasteiger partial charge is 0.481 e. The van der Waals surface area contributed by atoms with E-state index in [9.17, 15) is 19.2 Å². The fraction of sp³-hybridized carbons (Fsp3) is 0.667. The van der Waals surface area contributed by atoms with E-state index in [1.165, 1.54) is 10.8 Å². The van der Waals surface area contributed by atoms with E-state index in [1.54, 1.807) is 27.7 Å². The van der Waals surface area contributed by atoms with E-state index in [2.05, 4.69) is 10.3 Å². The van der Waals surface area contributed by atoms with Crippen LogP contribution in [0, 0.1) is 12.8 Å². The number of carbonyl (C=O) groups is 2. The molecular weight excluding hydrogens is 354 g/mol. The third-order valence-corrected chi connectivity index (χ3v) is 4.59. The van der Waals surface area contributed by atoms with Gasteiger partial charge in [-0.15, -0.1) is 0 Å². The number of carboxylic acids is 1. The first-order valence-corrected chi connectivity index (χ1v) is 8.99. The van der Waals surface area contributed by atoms with E-state index in [0.29, 0.717) is 24.8 Å². The molecule has 3 atom stereocenters. The van der Waals surface area contributed by atoms with Gasteiger partial charge in [0.1, 0.15) is 5.60 Å². The molecule has 0 aromatic carbocycles. The standard InChI is InChI=1S/C18H27N3O6/c1-10-9-21(16(25)20-15(10)24)13-6-5-11(8-14(22)23)7-12(13)19-17(26)27-18(2,3)4/h9,11-13H,5-8H2,1-4H3,(H,19,26)(H,22,23)(H,20,24,25)/t11-,12+,13-/m1/s1. The monoisotopic (exact) mass is 381 g/mol. The average molecular weight is 381 g/mol. The first-order chi connectivity index (χ1) is 12.5. The average Bonchev–Trinajstić information content (AvgIpc) is 2.49. The highest BCUT2D eigenvalue weighted by Crippen LogP contribution is 2.33. The maximum absolute atomic E-state index is 12.3. The van der Waals surface area contributed by atoms with Crippen molar-refractivity contribution >= 4 is 12.1 Å². The van der Waals surface area contributed by atoms with E-state index in [1.807, 2.05) is 0 Å². The number of hydrogen-bond donors (Lipinski definition) is 3. The van der Waals surface area contributed by atoms with Crippen LogP contribution in [0.3, 0.4) is 0 Å². The lowest BCUT2D eigenvalue weighted by molar-refractivity contribution is -0.138. The number of carboxylic acid groups (broad SMARTS) is 1. The van der Waals surface area contributed by atoms with Crippen molar-refractivity contribution in [3.63, 3.8) is 0 Å². The molecule has 1 aliphatic carbocycles. The van der Waals surface area contributed by atoms with Crippen molar-refractivity contribution in [2.24, 2.45) is 5.92 Å². The molecule has 2 rings (SSSR count). The number of alkyl carbamates (subject to hydrolysis) is 1. The van der Waals surface area contributed by atoms with Crippen LogP contribution in [0.4, 0.5) is 4.79 Å². The number of aromatic nitrogens is 2. The zero-order valence-electron chi connectivity index (χ0n) is 16.1. The molecule has 1 amide bonds. The number of rotatable bonds is 4. The van der Waals surface area contributed by atoms with Crippen LogP contribution < -0.4 is 16.6 Å². The minimum absolute atomic E-state index is 0.00122. The van der Waals surface area contributed by atoms with Crippen molar-refractivity contribution in [2.45, 2.75) is 71.1 Å². The SMILES string of the molecule is Cc1cn([C@@H]2CC[C@@H](CC(=O)O)C[C@@H]2NC(=O)OC(C)(C)C)c(=O)[nH]c1=O. The summed E-state index contributed by atoms with van der Waals surface area (Å²) in [6.45, 7) is 6.83. The van der Waals surface area contributed by atoms with Gasteiger partial charge in [-0.25, -0.2) is 9.59 Å². The molecule has 0 aliphatic heterocycles. The molecule has 1 aromatic heterocycles. The van der Waals surface area contributed by atoms with Gasteiger partial charge in [0.2, 0.25) is 0 Å². The zero-order valence-corrected chi connectivity index (χ0v) is 16.1. The topological polar surface area (TPSA) is 130 Å². The number of amides is 1. The van der Waals surface area contributed by atoms with E-state index < -0.39 is 41.0 Å². The lowest BCUT2D eigenvalue weighted by Crippen LogP contribution is -2.49. The van der Waals surface area contributed by atoms with Crippen molar-refractivity contribution in [3.8, 4) is 0 Å². The Morgan fingerprint density at radius 3 is 2.59 bits per heavy atom. The summed E-state index contributed by atoms with van der Waals surface area (Å²) in [6, 6.07) is -0.883. The molecule has 0 bridgehead atoms. The molecule has 0 unspecified atom stereocenters. The second-order valence-corrected chi connectivity index (χ2v) is 8.08. The summed E-state index contributed by atoms with van der Waals surface area (Å²) in [7, 11) is 0. The van der Waals surface area contributed by atoms with Crippen molar-refractivity contribution in [1.29, 1.82) is 0 Å². The van der Waals surface area contributed by atoms with Gasteiger partial charge in [-0.2, -0.15) is 0 Å². The van der Waals surface area contributed by atoms with Crippen LogP contribution in [0.15, 0.2) is 15.8 Å². The Hall–Kier alpha value is -2.58. The first-order valence-electron chi connectivity index (χ1n) is 8.99. The number of aryl methyl sites for hydroxylation is 1. The van der Waals surface area contributed by atoms with Crippen LogP contribution >= 0.6 is 0 Å². The lowest BCUT2D eigenvalue weighted by atomic mass is 9.80. The zero-order chi connectivity index (χ0) is 20.4.